The third kappa shape index (κ3) is 1.04. The Morgan fingerprint density at radius 3 is 3.08 bits per heavy atom. The molecule has 0 radical (unpaired) electrons. The predicted octanol–water partition coefficient (Wildman–Crippen LogP) is 1.21. The fourth-order valence-electron chi connectivity index (χ4n) is 0.892. The first kappa shape index (κ1) is 7.48. The van der Waals surface area contributed by atoms with Crippen LogP contribution >= 0.6 is 15.9 Å². The molecular weight excluding hydrogens is 227 g/mol. The van der Waals surface area contributed by atoms with Gasteiger partial charge in [0.25, 0.3) is 0 Å². The zero-order valence-electron chi connectivity index (χ0n) is 5.83. The van der Waals surface area contributed by atoms with Gasteiger partial charge < -0.3 is 5.73 Å². The Labute approximate surface area is 75.3 Å². The molecule has 0 aromatic carbocycles. The first-order chi connectivity index (χ1) is 5.66. The number of halogens is 2. The third-order valence-electron chi connectivity index (χ3n) is 1.43. The average Bonchev–Trinajstić information content (AvgIpc) is 2.30. The van der Waals surface area contributed by atoms with Crippen LogP contribution in [0.4, 0.5) is 10.1 Å². The van der Waals surface area contributed by atoms with Gasteiger partial charge >= 0.3 is 0 Å². The highest BCUT2D eigenvalue weighted by molar-refractivity contribution is 9.10. The molecule has 2 aromatic rings. The van der Waals surface area contributed by atoms with Gasteiger partial charge in [-0.1, -0.05) is 0 Å². The highest BCUT2D eigenvalue weighted by atomic mass is 79.9. The van der Waals surface area contributed by atoms with Crippen molar-refractivity contribution >= 4 is 27.3 Å². The molecule has 0 aliphatic carbocycles. The lowest BCUT2D eigenvalue weighted by Gasteiger charge is -1.95. The van der Waals surface area contributed by atoms with E-state index in [9.17, 15) is 4.39 Å². The van der Waals surface area contributed by atoms with Crippen LogP contribution in [0.2, 0.25) is 0 Å². The van der Waals surface area contributed by atoms with Crippen molar-refractivity contribution in [1.29, 1.82) is 0 Å². The maximum atomic E-state index is 12.8. The Balaban J connectivity index is 2.83. The summed E-state index contributed by atoms with van der Waals surface area (Å²) in [4.78, 5) is 3.94. The Morgan fingerprint density at radius 2 is 2.33 bits per heavy atom. The minimum absolute atomic E-state index is 0.0717. The molecule has 0 aliphatic heterocycles. The minimum atomic E-state index is -0.500. The second-order valence-corrected chi connectivity index (χ2v) is 2.97. The van der Waals surface area contributed by atoms with E-state index in [1.54, 1.807) is 0 Å². The summed E-state index contributed by atoms with van der Waals surface area (Å²) in [6.45, 7) is 0. The summed E-state index contributed by atoms with van der Waals surface area (Å²) in [5, 5.41) is 3.84. The molecule has 12 heavy (non-hydrogen) atoms. The van der Waals surface area contributed by atoms with Crippen LogP contribution in [0.3, 0.4) is 0 Å². The Morgan fingerprint density at radius 1 is 1.58 bits per heavy atom. The van der Waals surface area contributed by atoms with Crippen LogP contribution in [0.1, 0.15) is 0 Å². The van der Waals surface area contributed by atoms with Crippen LogP contribution in [0.5, 0.6) is 0 Å². The van der Waals surface area contributed by atoms with Crippen molar-refractivity contribution in [3.05, 3.63) is 22.8 Å². The maximum absolute atomic E-state index is 12.8. The molecule has 0 amide bonds. The number of fused-ring (bicyclic) bond motifs is 1. The van der Waals surface area contributed by atoms with Crippen molar-refractivity contribution in [2.24, 2.45) is 0 Å². The van der Waals surface area contributed by atoms with E-state index in [-0.39, 0.29) is 5.69 Å². The second kappa shape index (κ2) is 2.41. The van der Waals surface area contributed by atoms with Crippen LogP contribution in [0.25, 0.3) is 5.65 Å². The Hall–Kier alpha value is -1.17. The molecule has 6 heteroatoms. The van der Waals surface area contributed by atoms with Crippen molar-refractivity contribution in [2.45, 2.75) is 0 Å². The summed E-state index contributed by atoms with van der Waals surface area (Å²) in [5.41, 5.74) is 5.91. The maximum Gasteiger partial charge on any atom is 0.218 e. The lowest BCUT2D eigenvalue weighted by atomic mass is 10.4. The molecular formula is C6H4BrFN4. The van der Waals surface area contributed by atoms with E-state index in [2.05, 4.69) is 26.0 Å². The van der Waals surface area contributed by atoms with Gasteiger partial charge in [0.05, 0.1) is 11.9 Å². The molecule has 2 rings (SSSR count). The average molecular weight is 231 g/mol. The number of hydrogen-bond donors (Lipinski definition) is 1. The van der Waals surface area contributed by atoms with Crippen molar-refractivity contribution in [2.75, 3.05) is 5.73 Å². The molecule has 62 valence electrons. The number of aromatic nitrogens is 3. The second-order valence-electron chi connectivity index (χ2n) is 2.26. The fourth-order valence-corrected chi connectivity index (χ4v) is 1.24. The summed E-state index contributed by atoms with van der Waals surface area (Å²) < 4.78 is 14.6. The molecule has 0 unspecified atom stereocenters. The number of nitrogens with two attached hydrogens (primary N) is 1. The largest absolute Gasteiger partial charge is 0.396 e. The first-order valence-electron chi connectivity index (χ1n) is 3.14. The summed E-state index contributed by atoms with van der Waals surface area (Å²) in [6, 6.07) is 1.42. The Bertz CT molecular complexity index is 399. The SMILES string of the molecule is Nc1cc2nc(Br)nn2cc1F. The van der Waals surface area contributed by atoms with Gasteiger partial charge in [0, 0.05) is 6.07 Å². The van der Waals surface area contributed by atoms with Gasteiger partial charge in [0.1, 0.15) is 0 Å². The molecule has 2 N–H and O–H groups in total. The number of nitrogens with zero attached hydrogens (tertiary/aromatic N) is 3. The van der Waals surface area contributed by atoms with Crippen molar-refractivity contribution < 1.29 is 4.39 Å². The van der Waals surface area contributed by atoms with Gasteiger partial charge in [-0.3, -0.25) is 0 Å². The van der Waals surface area contributed by atoms with Gasteiger partial charge in [-0.2, -0.15) is 0 Å². The topological polar surface area (TPSA) is 56.2 Å². The van der Waals surface area contributed by atoms with E-state index >= 15 is 0 Å². The quantitative estimate of drug-likeness (QED) is 0.741. The lowest BCUT2D eigenvalue weighted by molar-refractivity contribution is 0.619. The molecule has 0 aliphatic rings. The first-order valence-corrected chi connectivity index (χ1v) is 3.93. The van der Waals surface area contributed by atoms with Crippen molar-refractivity contribution in [3.63, 3.8) is 0 Å². The predicted molar refractivity (Wildman–Crippen MR) is 45.1 cm³/mol. The highest BCUT2D eigenvalue weighted by Crippen LogP contribution is 2.13. The van der Waals surface area contributed by atoms with E-state index in [0.717, 1.165) is 0 Å². The van der Waals surface area contributed by atoms with Gasteiger partial charge in [-0.15, -0.1) is 5.10 Å². The molecule has 2 heterocycles. The summed E-state index contributed by atoms with van der Waals surface area (Å²) in [6.07, 6.45) is 1.18. The monoisotopic (exact) mass is 230 g/mol. The minimum Gasteiger partial charge on any atom is -0.396 e. The van der Waals surface area contributed by atoms with Crippen LogP contribution in [-0.4, -0.2) is 14.6 Å². The van der Waals surface area contributed by atoms with Gasteiger partial charge in [-0.05, 0) is 15.9 Å². The number of pyridine rings is 1. The molecule has 4 nitrogen and oxygen atoms in total. The number of nitrogen functional groups attached to an aromatic ring is 1. The summed E-state index contributed by atoms with van der Waals surface area (Å²) >= 11 is 3.07. The molecule has 0 fully saturated rings. The molecule has 0 saturated carbocycles. The molecule has 0 bridgehead atoms. The van der Waals surface area contributed by atoms with Crippen molar-refractivity contribution in [1.82, 2.24) is 14.6 Å². The number of anilines is 1. The van der Waals surface area contributed by atoms with Gasteiger partial charge in [0.15, 0.2) is 11.5 Å². The van der Waals surface area contributed by atoms with Crippen LogP contribution in [0.15, 0.2) is 17.0 Å². The molecule has 0 spiro atoms. The highest BCUT2D eigenvalue weighted by Gasteiger charge is 2.04. The van der Waals surface area contributed by atoms with E-state index < -0.39 is 5.82 Å². The molecule has 0 atom stereocenters. The normalized spacial score (nSPS) is 10.8. The van der Waals surface area contributed by atoms with E-state index in [4.69, 9.17) is 5.73 Å². The smallest absolute Gasteiger partial charge is 0.218 e. The summed E-state index contributed by atoms with van der Waals surface area (Å²) in [5.74, 6) is -0.500. The zero-order chi connectivity index (χ0) is 8.72. The standard InChI is InChI=1S/C6H4BrFN4/c7-6-10-5-1-4(9)3(8)2-12(5)11-6/h1-2H,9H2. The number of hydrogen-bond acceptors (Lipinski definition) is 3. The molecule has 2 aromatic heterocycles. The van der Waals surface area contributed by atoms with Gasteiger partial charge in [0.2, 0.25) is 4.73 Å². The Kier molecular flexibility index (Phi) is 1.50. The van der Waals surface area contributed by atoms with Crippen LogP contribution in [-0.2, 0) is 0 Å². The number of rotatable bonds is 0. The third-order valence-corrected chi connectivity index (χ3v) is 1.76. The fraction of sp³-hybridized carbons (Fsp3) is 0. The lowest BCUT2D eigenvalue weighted by Crippen LogP contribution is -1.95. The zero-order valence-corrected chi connectivity index (χ0v) is 7.42. The summed E-state index contributed by atoms with van der Waals surface area (Å²) in [7, 11) is 0. The van der Waals surface area contributed by atoms with E-state index in [1.807, 2.05) is 0 Å². The van der Waals surface area contributed by atoms with E-state index in [0.29, 0.717) is 10.4 Å². The van der Waals surface area contributed by atoms with Crippen LogP contribution in [0, 0.1) is 5.82 Å². The van der Waals surface area contributed by atoms with Crippen LogP contribution < -0.4 is 5.73 Å². The van der Waals surface area contributed by atoms with Crippen molar-refractivity contribution in [3.8, 4) is 0 Å². The molecule has 0 saturated heterocycles. The van der Waals surface area contributed by atoms with Gasteiger partial charge in [-0.25, -0.2) is 13.9 Å². The van der Waals surface area contributed by atoms with E-state index in [1.165, 1.54) is 16.8 Å².